The molecule has 0 spiro atoms. The molecule has 0 saturated heterocycles. The summed E-state index contributed by atoms with van der Waals surface area (Å²) in [5, 5.41) is 17.6. The number of nitro groups is 1. The molecule has 0 aliphatic rings. The van der Waals surface area contributed by atoms with Gasteiger partial charge in [-0.15, -0.1) is 0 Å². The molecule has 23 heavy (non-hydrogen) atoms. The van der Waals surface area contributed by atoms with Gasteiger partial charge in [0.2, 0.25) is 5.91 Å². The van der Waals surface area contributed by atoms with Crippen LogP contribution in [-0.4, -0.2) is 20.6 Å². The van der Waals surface area contributed by atoms with E-state index < -0.39 is 4.92 Å². The molecule has 0 aliphatic heterocycles. The van der Waals surface area contributed by atoms with Crippen LogP contribution < -0.4 is 5.32 Å². The molecular formula is C16H20N4O3. The average Bonchev–Trinajstić information content (AvgIpc) is 2.88. The molecule has 0 unspecified atom stereocenters. The molecule has 1 aromatic carbocycles. The highest BCUT2D eigenvalue weighted by Crippen LogP contribution is 2.22. The summed E-state index contributed by atoms with van der Waals surface area (Å²) in [4.78, 5) is 22.5. The lowest BCUT2D eigenvalue weighted by atomic mass is 10.0. The minimum absolute atomic E-state index is 0.0596. The third-order valence-corrected chi connectivity index (χ3v) is 3.66. The molecule has 1 N–H and O–H groups in total. The lowest BCUT2D eigenvalue weighted by Crippen LogP contribution is -2.20. The zero-order valence-corrected chi connectivity index (χ0v) is 13.5. The first-order valence-electron chi connectivity index (χ1n) is 7.55. The first kappa shape index (κ1) is 16.7. The lowest BCUT2D eigenvalue weighted by molar-refractivity contribution is -0.390. The highest BCUT2D eigenvalue weighted by Gasteiger charge is 2.19. The van der Waals surface area contributed by atoms with Gasteiger partial charge in [-0.1, -0.05) is 32.0 Å². The Morgan fingerprint density at radius 3 is 2.39 bits per heavy atom. The van der Waals surface area contributed by atoms with Crippen LogP contribution in [0.1, 0.15) is 30.5 Å². The Morgan fingerprint density at radius 2 is 1.91 bits per heavy atom. The largest absolute Gasteiger partial charge is 0.392 e. The van der Waals surface area contributed by atoms with Crippen molar-refractivity contribution in [1.82, 2.24) is 9.78 Å². The van der Waals surface area contributed by atoms with Gasteiger partial charge in [-0.3, -0.25) is 4.79 Å². The Kier molecular flexibility index (Phi) is 5.10. The number of amides is 1. The number of aryl methyl sites for hydroxylation is 3. The molecule has 122 valence electrons. The standard InChI is InChI=1S/C16H20N4O3/c1-4-12-7-6-8-13(5-2)15(12)17-14(21)10-19-9-11(3)16(18-19)20(22)23/h6-9H,4-5,10H2,1-3H3,(H,17,21). The van der Waals surface area contributed by atoms with Gasteiger partial charge in [0.15, 0.2) is 0 Å². The first-order valence-corrected chi connectivity index (χ1v) is 7.55. The Labute approximate surface area is 134 Å². The normalized spacial score (nSPS) is 10.6. The second-order valence-electron chi connectivity index (χ2n) is 5.30. The summed E-state index contributed by atoms with van der Waals surface area (Å²) in [6, 6.07) is 5.95. The van der Waals surface area contributed by atoms with Crippen LogP contribution in [-0.2, 0) is 24.2 Å². The van der Waals surface area contributed by atoms with Crippen molar-refractivity contribution in [3.8, 4) is 0 Å². The van der Waals surface area contributed by atoms with Crippen molar-refractivity contribution in [3.05, 3.63) is 51.2 Å². The van der Waals surface area contributed by atoms with E-state index >= 15 is 0 Å². The number of nitrogens with one attached hydrogen (secondary N) is 1. The number of anilines is 1. The van der Waals surface area contributed by atoms with E-state index in [-0.39, 0.29) is 18.3 Å². The number of nitrogens with zero attached hydrogens (tertiary/aromatic N) is 3. The number of carbonyl (C=O) groups excluding carboxylic acids is 1. The molecule has 1 amide bonds. The van der Waals surface area contributed by atoms with E-state index in [4.69, 9.17) is 0 Å². The van der Waals surface area contributed by atoms with Crippen molar-refractivity contribution < 1.29 is 9.72 Å². The van der Waals surface area contributed by atoms with Crippen molar-refractivity contribution in [3.63, 3.8) is 0 Å². The van der Waals surface area contributed by atoms with Crippen molar-refractivity contribution >= 4 is 17.4 Å². The zero-order valence-electron chi connectivity index (χ0n) is 13.5. The SMILES string of the molecule is CCc1cccc(CC)c1NC(=O)Cn1cc(C)c([N+](=O)[O-])n1. The van der Waals surface area contributed by atoms with E-state index in [1.54, 1.807) is 6.92 Å². The summed E-state index contributed by atoms with van der Waals surface area (Å²) in [6.07, 6.45) is 3.13. The highest BCUT2D eigenvalue weighted by atomic mass is 16.6. The van der Waals surface area contributed by atoms with Crippen LogP contribution >= 0.6 is 0 Å². The van der Waals surface area contributed by atoms with Gasteiger partial charge in [-0.2, -0.15) is 4.68 Å². The van der Waals surface area contributed by atoms with Crippen molar-refractivity contribution in [2.24, 2.45) is 0 Å². The Hall–Kier alpha value is -2.70. The van der Waals surface area contributed by atoms with Gasteiger partial charge in [0.1, 0.15) is 6.54 Å². The van der Waals surface area contributed by atoms with Gasteiger partial charge < -0.3 is 15.4 Å². The predicted octanol–water partition coefficient (Wildman–Crippen LogP) is 2.86. The third-order valence-electron chi connectivity index (χ3n) is 3.66. The molecule has 0 aliphatic carbocycles. The molecule has 0 fully saturated rings. The summed E-state index contributed by atoms with van der Waals surface area (Å²) in [7, 11) is 0. The average molecular weight is 316 g/mol. The number of aromatic nitrogens is 2. The Bertz CT molecular complexity index is 715. The zero-order chi connectivity index (χ0) is 17.0. The molecule has 0 bridgehead atoms. The van der Waals surface area contributed by atoms with Crippen molar-refractivity contribution in [1.29, 1.82) is 0 Å². The summed E-state index contributed by atoms with van der Waals surface area (Å²) < 4.78 is 1.29. The molecule has 7 heteroatoms. The predicted molar refractivity (Wildman–Crippen MR) is 87.4 cm³/mol. The van der Waals surface area contributed by atoms with Crippen molar-refractivity contribution in [2.45, 2.75) is 40.2 Å². The number of benzene rings is 1. The van der Waals surface area contributed by atoms with Gasteiger partial charge in [-0.25, -0.2) is 0 Å². The fourth-order valence-electron chi connectivity index (χ4n) is 2.50. The molecular weight excluding hydrogens is 296 g/mol. The number of carbonyl (C=O) groups is 1. The number of hydrogen-bond donors (Lipinski definition) is 1. The molecule has 0 radical (unpaired) electrons. The summed E-state index contributed by atoms with van der Waals surface area (Å²) in [6.45, 7) is 5.60. The van der Waals surface area contributed by atoms with Crippen LogP contribution in [0.4, 0.5) is 11.5 Å². The van der Waals surface area contributed by atoms with E-state index in [0.29, 0.717) is 5.56 Å². The van der Waals surface area contributed by atoms with Gasteiger partial charge in [-0.05, 0) is 35.8 Å². The monoisotopic (exact) mass is 316 g/mol. The summed E-state index contributed by atoms with van der Waals surface area (Å²) >= 11 is 0. The van der Waals surface area contributed by atoms with Gasteiger partial charge in [0, 0.05) is 5.69 Å². The number of hydrogen-bond acceptors (Lipinski definition) is 4. The fraction of sp³-hybridized carbons (Fsp3) is 0.375. The molecule has 2 rings (SSSR count). The topological polar surface area (TPSA) is 90.1 Å². The van der Waals surface area contributed by atoms with Crippen LogP contribution in [0, 0.1) is 17.0 Å². The second kappa shape index (κ2) is 7.04. The minimum atomic E-state index is -0.550. The van der Waals surface area contributed by atoms with Gasteiger partial charge >= 0.3 is 5.82 Å². The van der Waals surface area contributed by atoms with E-state index in [9.17, 15) is 14.9 Å². The molecule has 7 nitrogen and oxygen atoms in total. The number of para-hydroxylation sites is 1. The van der Waals surface area contributed by atoms with E-state index in [2.05, 4.69) is 10.4 Å². The summed E-state index contributed by atoms with van der Waals surface area (Å²) in [5.74, 6) is -0.473. The first-order chi connectivity index (χ1) is 11.0. The number of rotatable bonds is 6. The Balaban J connectivity index is 2.17. The maximum absolute atomic E-state index is 12.3. The quantitative estimate of drug-likeness (QED) is 0.655. The van der Waals surface area contributed by atoms with Gasteiger partial charge in [0.05, 0.1) is 16.9 Å². The molecule has 2 aromatic rings. The van der Waals surface area contributed by atoms with Crippen LogP contribution in [0.25, 0.3) is 0 Å². The van der Waals surface area contributed by atoms with E-state index in [1.165, 1.54) is 10.9 Å². The van der Waals surface area contributed by atoms with E-state index in [0.717, 1.165) is 29.7 Å². The molecule has 0 atom stereocenters. The van der Waals surface area contributed by atoms with Crippen molar-refractivity contribution in [2.75, 3.05) is 5.32 Å². The van der Waals surface area contributed by atoms with Crippen LogP contribution in [0.15, 0.2) is 24.4 Å². The van der Waals surface area contributed by atoms with Crippen LogP contribution in [0.5, 0.6) is 0 Å². The maximum Gasteiger partial charge on any atom is 0.392 e. The minimum Gasteiger partial charge on any atom is -0.358 e. The second-order valence-corrected chi connectivity index (χ2v) is 5.30. The highest BCUT2D eigenvalue weighted by molar-refractivity contribution is 5.92. The third kappa shape index (κ3) is 3.74. The molecule has 0 saturated carbocycles. The summed E-state index contributed by atoms with van der Waals surface area (Å²) in [5.41, 5.74) is 3.41. The van der Waals surface area contributed by atoms with Gasteiger partial charge in [0.25, 0.3) is 0 Å². The smallest absolute Gasteiger partial charge is 0.358 e. The van der Waals surface area contributed by atoms with Crippen LogP contribution in [0.3, 0.4) is 0 Å². The maximum atomic E-state index is 12.3. The Morgan fingerprint density at radius 1 is 1.30 bits per heavy atom. The lowest BCUT2D eigenvalue weighted by Gasteiger charge is -2.13. The molecule has 1 heterocycles. The molecule has 1 aromatic heterocycles. The van der Waals surface area contributed by atoms with E-state index in [1.807, 2.05) is 32.0 Å². The van der Waals surface area contributed by atoms with Crippen LogP contribution in [0.2, 0.25) is 0 Å². The fourth-order valence-corrected chi connectivity index (χ4v) is 2.50.